The number of pyridine rings is 1. The zero-order chi connectivity index (χ0) is 28.3. The van der Waals surface area contributed by atoms with Gasteiger partial charge in [-0.25, -0.2) is 0 Å². The van der Waals surface area contributed by atoms with E-state index in [2.05, 4.69) is 0 Å². The predicted molar refractivity (Wildman–Crippen MR) is 157 cm³/mol. The minimum Gasteiger partial charge on any atom is -0.494 e. The molecule has 0 aliphatic carbocycles. The number of aromatic nitrogens is 1. The van der Waals surface area contributed by atoms with E-state index in [0.29, 0.717) is 9.23 Å². The van der Waals surface area contributed by atoms with Crippen LogP contribution in [0.15, 0.2) is 64.3 Å². The van der Waals surface area contributed by atoms with Crippen LogP contribution in [-0.4, -0.2) is 37.1 Å². The molecule has 1 saturated heterocycles. The summed E-state index contributed by atoms with van der Waals surface area (Å²) in [6.07, 6.45) is 2.08. The third-order valence-corrected chi connectivity index (χ3v) is 8.11. The van der Waals surface area contributed by atoms with Gasteiger partial charge in [0, 0.05) is 13.0 Å². The Kier molecular flexibility index (Phi) is 8.48. The molecule has 0 radical (unpaired) electrons. The Morgan fingerprint density at radius 1 is 1.13 bits per heavy atom. The number of carbonyl (C=O) groups excluding carboxylic acids is 2. The second kappa shape index (κ2) is 11.8. The van der Waals surface area contributed by atoms with Gasteiger partial charge in [-0.2, -0.15) is 5.26 Å². The topological polar surface area (TPSA) is 103 Å². The number of Topliss-reactive ketones (excluding diaryl/α,β-unsaturated/α-hetero) is 1. The highest BCUT2D eigenvalue weighted by Crippen LogP contribution is 2.33. The summed E-state index contributed by atoms with van der Waals surface area (Å²) in [5.74, 6) is -1.10. The predicted octanol–water partition coefficient (Wildman–Crippen LogP) is 5.52. The summed E-state index contributed by atoms with van der Waals surface area (Å²) in [4.78, 5) is 41.3. The van der Waals surface area contributed by atoms with Crippen LogP contribution in [-0.2, 0) is 4.79 Å². The molecule has 1 amide bonds. The highest BCUT2D eigenvalue weighted by Gasteiger charge is 2.32. The molecule has 1 aliphatic heterocycles. The molecule has 1 aromatic heterocycles. The summed E-state index contributed by atoms with van der Waals surface area (Å²) in [5.41, 5.74) is 2.02. The Morgan fingerprint density at radius 3 is 2.44 bits per heavy atom. The Bertz CT molecular complexity index is 1590. The maximum atomic E-state index is 13.3. The minimum atomic E-state index is -0.654. The van der Waals surface area contributed by atoms with E-state index in [1.807, 2.05) is 55.5 Å². The molecule has 1 aliphatic rings. The van der Waals surface area contributed by atoms with Crippen LogP contribution >= 0.6 is 24.0 Å². The zero-order valence-corrected chi connectivity index (χ0v) is 23.4. The third-order valence-electron chi connectivity index (χ3n) is 6.73. The van der Waals surface area contributed by atoms with Gasteiger partial charge in [0.05, 0.1) is 16.5 Å². The van der Waals surface area contributed by atoms with Crippen molar-refractivity contribution in [2.45, 2.75) is 39.7 Å². The van der Waals surface area contributed by atoms with Crippen LogP contribution in [0.1, 0.15) is 64.0 Å². The second-order valence-corrected chi connectivity index (χ2v) is 11.0. The van der Waals surface area contributed by atoms with Crippen LogP contribution in [0.2, 0.25) is 0 Å². The smallest absolute Gasteiger partial charge is 0.272 e. The lowest BCUT2D eigenvalue weighted by molar-refractivity contribution is -0.122. The number of carbonyl (C=O) groups is 2. The van der Waals surface area contributed by atoms with Gasteiger partial charge in [0.25, 0.3) is 11.5 Å². The molecular weight excluding hydrogens is 530 g/mol. The largest absolute Gasteiger partial charge is 0.494 e. The van der Waals surface area contributed by atoms with E-state index in [9.17, 15) is 24.8 Å². The Morgan fingerprint density at radius 2 is 1.79 bits per heavy atom. The molecule has 9 heteroatoms. The van der Waals surface area contributed by atoms with Crippen LogP contribution in [0.5, 0.6) is 5.88 Å². The standard InChI is InChI=1S/C30H27N3O4S2/c1-18-11-13-21(14-12-18)16-25-28(36)32(30(38)39-25)15-7-10-24(34)26-19(2)23(17-31)27(35)33(29(26)37)20(3)22-8-5-4-6-9-22/h4-6,8-9,11-14,16,20,37H,7,10,15H2,1-3H3/b25-16-. The molecule has 1 atom stereocenters. The van der Waals surface area contributed by atoms with Crippen molar-refractivity contribution in [2.24, 2.45) is 0 Å². The van der Waals surface area contributed by atoms with E-state index in [1.165, 1.54) is 23.6 Å². The first kappa shape index (κ1) is 28.0. The molecule has 39 heavy (non-hydrogen) atoms. The monoisotopic (exact) mass is 557 g/mol. The molecule has 0 spiro atoms. The van der Waals surface area contributed by atoms with Crippen molar-refractivity contribution in [2.75, 3.05) is 6.54 Å². The van der Waals surface area contributed by atoms with E-state index < -0.39 is 23.3 Å². The number of hydrogen-bond acceptors (Lipinski definition) is 7. The molecule has 1 unspecified atom stereocenters. The lowest BCUT2D eigenvalue weighted by Gasteiger charge is -2.21. The highest BCUT2D eigenvalue weighted by molar-refractivity contribution is 8.26. The van der Waals surface area contributed by atoms with Gasteiger partial charge in [0.15, 0.2) is 5.78 Å². The molecule has 0 bridgehead atoms. The Hall–Kier alpha value is -4.00. The molecule has 0 saturated carbocycles. The number of benzene rings is 2. The van der Waals surface area contributed by atoms with E-state index in [0.717, 1.165) is 21.3 Å². The summed E-state index contributed by atoms with van der Waals surface area (Å²) in [7, 11) is 0. The van der Waals surface area contributed by atoms with Gasteiger partial charge in [-0.05, 0) is 50.0 Å². The van der Waals surface area contributed by atoms with Crippen molar-refractivity contribution in [3.05, 3.63) is 103 Å². The first-order valence-corrected chi connectivity index (χ1v) is 13.6. The first-order chi connectivity index (χ1) is 18.6. The SMILES string of the molecule is Cc1ccc(/C=C2\SC(=S)N(CCCC(=O)c3c(C)c(C#N)c(=O)n(C(C)c4ccccc4)c3O)C2=O)cc1. The number of rotatable bonds is 8. The summed E-state index contributed by atoms with van der Waals surface area (Å²) >= 11 is 6.63. The number of nitriles is 1. The number of aryl methyl sites for hydroxylation is 1. The Labute approximate surface area is 236 Å². The van der Waals surface area contributed by atoms with Crippen LogP contribution in [0.4, 0.5) is 0 Å². The summed E-state index contributed by atoms with van der Waals surface area (Å²) in [6, 6.07) is 18.2. The van der Waals surface area contributed by atoms with E-state index in [1.54, 1.807) is 25.1 Å². The van der Waals surface area contributed by atoms with Crippen molar-refractivity contribution in [1.29, 1.82) is 5.26 Å². The molecular formula is C30H27N3O4S2. The molecule has 4 rings (SSSR count). The minimum absolute atomic E-state index is 0.00867. The quantitative estimate of drug-likeness (QED) is 0.221. The van der Waals surface area contributed by atoms with Gasteiger partial charge >= 0.3 is 0 Å². The van der Waals surface area contributed by atoms with E-state index >= 15 is 0 Å². The molecule has 1 N–H and O–H groups in total. The molecule has 7 nitrogen and oxygen atoms in total. The fourth-order valence-corrected chi connectivity index (χ4v) is 5.83. The number of nitrogens with zero attached hydrogens (tertiary/aromatic N) is 3. The second-order valence-electron chi connectivity index (χ2n) is 9.34. The van der Waals surface area contributed by atoms with Crippen LogP contribution in [0.25, 0.3) is 6.08 Å². The summed E-state index contributed by atoms with van der Waals surface area (Å²) in [6.45, 7) is 5.43. The van der Waals surface area contributed by atoms with Gasteiger partial charge in [0.1, 0.15) is 16.0 Å². The lowest BCUT2D eigenvalue weighted by Crippen LogP contribution is -2.30. The van der Waals surface area contributed by atoms with E-state index in [4.69, 9.17) is 12.2 Å². The average molecular weight is 558 g/mol. The molecule has 2 heterocycles. The van der Waals surface area contributed by atoms with Crippen molar-refractivity contribution in [3.8, 4) is 11.9 Å². The van der Waals surface area contributed by atoms with Gasteiger partial charge in [-0.1, -0.05) is 84.1 Å². The zero-order valence-electron chi connectivity index (χ0n) is 21.8. The van der Waals surface area contributed by atoms with Gasteiger partial charge < -0.3 is 5.11 Å². The number of thiocarbonyl (C=S) groups is 1. The normalized spacial score (nSPS) is 15.0. The molecule has 2 aromatic carbocycles. The molecule has 1 fully saturated rings. The average Bonchev–Trinajstić information content (AvgIpc) is 3.18. The molecule has 198 valence electrons. The fourth-order valence-electron chi connectivity index (χ4n) is 4.53. The lowest BCUT2D eigenvalue weighted by atomic mass is 9.98. The number of hydrogen-bond donors (Lipinski definition) is 1. The van der Waals surface area contributed by atoms with E-state index in [-0.39, 0.29) is 42.0 Å². The number of thioether (sulfide) groups is 1. The maximum Gasteiger partial charge on any atom is 0.272 e. The van der Waals surface area contributed by atoms with Crippen LogP contribution < -0.4 is 5.56 Å². The van der Waals surface area contributed by atoms with Crippen LogP contribution in [0.3, 0.4) is 0 Å². The number of ketones is 1. The third kappa shape index (κ3) is 5.72. The van der Waals surface area contributed by atoms with Gasteiger partial charge in [-0.3, -0.25) is 23.9 Å². The van der Waals surface area contributed by atoms with Crippen molar-refractivity contribution in [3.63, 3.8) is 0 Å². The highest BCUT2D eigenvalue weighted by atomic mass is 32.2. The maximum absolute atomic E-state index is 13.3. The van der Waals surface area contributed by atoms with Gasteiger partial charge in [-0.15, -0.1) is 0 Å². The number of amides is 1. The van der Waals surface area contributed by atoms with Crippen LogP contribution in [0, 0.1) is 25.2 Å². The summed E-state index contributed by atoms with van der Waals surface area (Å²) < 4.78 is 1.51. The van der Waals surface area contributed by atoms with Crippen molar-refractivity contribution in [1.82, 2.24) is 9.47 Å². The number of aromatic hydroxyl groups is 1. The van der Waals surface area contributed by atoms with Crippen molar-refractivity contribution < 1.29 is 14.7 Å². The Balaban J connectivity index is 1.53. The van der Waals surface area contributed by atoms with Gasteiger partial charge in [0.2, 0.25) is 5.88 Å². The van der Waals surface area contributed by atoms with Crippen molar-refractivity contribution >= 4 is 46.1 Å². The molecule has 3 aromatic rings. The summed E-state index contributed by atoms with van der Waals surface area (Å²) in [5, 5.41) is 20.8. The first-order valence-electron chi connectivity index (χ1n) is 12.4. The fraction of sp³-hybridized carbons (Fsp3) is 0.233.